The molecule has 0 spiro atoms. The molecule has 0 atom stereocenters. The van der Waals surface area contributed by atoms with Crippen LogP contribution in [0.1, 0.15) is 0 Å². The maximum absolute atomic E-state index is 6.82. The lowest BCUT2D eigenvalue weighted by Gasteiger charge is -2.17. The van der Waals surface area contributed by atoms with Crippen LogP contribution >= 0.6 is 0 Å². The normalized spacial score (nSPS) is 11.8. The Morgan fingerprint density at radius 3 is 1.92 bits per heavy atom. The quantitative estimate of drug-likeness (QED) is 0.188. The number of aromatic nitrogens is 3. The van der Waals surface area contributed by atoms with Crippen LogP contribution in [0, 0.1) is 0 Å². The molecular formula is C48H29N3O. The van der Waals surface area contributed by atoms with Crippen molar-refractivity contribution in [2.75, 3.05) is 0 Å². The Labute approximate surface area is 298 Å². The summed E-state index contributed by atoms with van der Waals surface area (Å²) in [6.45, 7) is 0. The van der Waals surface area contributed by atoms with Gasteiger partial charge in [0.25, 0.3) is 0 Å². The van der Waals surface area contributed by atoms with Gasteiger partial charge in [-0.15, -0.1) is 0 Å². The first-order valence-corrected chi connectivity index (χ1v) is 17.6. The number of hydrogen-bond acceptors (Lipinski definition) is 3. The fourth-order valence-corrected chi connectivity index (χ4v) is 7.94. The molecule has 4 nitrogen and oxygen atoms in total. The highest BCUT2D eigenvalue weighted by molar-refractivity contribution is 6.19. The highest BCUT2D eigenvalue weighted by atomic mass is 16.3. The highest BCUT2D eigenvalue weighted by Gasteiger charge is 2.24. The van der Waals surface area contributed by atoms with Gasteiger partial charge in [0.15, 0.2) is 11.4 Å². The second-order valence-corrected chi connectivity index (χ2v) is 13.4. The summed E-state index contributed by atoms with van der Waals surface area (Å²) in [5.41, 5.74) is 10.5. The number of para-hydroxylation sites is 1. The SMILES string of the molecule is c1ccc(-c2ccc3oc4c(-c5cc6ccccc6cc5-n5c6ccccc6c6ccc7ccccc7c65)nc(-c5ccccc5)nc4c3c2)cc1. The van der Waals surface area contributed by atoms with E-state index in [2.05, 4.69) is 156 Å². The van der Waals surface area contributed by atoms with Gasteiger partial charge >= 0.3 is 0 Å². The molecule has 0 aliphatic carbocycles. The topological polar surface area (TPSA) is 43.9 Å². The van der Waals surface area contributed by atoms with Crippen molar-refractivity contribution in [2.24, 2.45) is 0 Å². The number of furan rings is 1. The van der Waals surface area contributed by atoms with Crippen molar-refractivity contribution in [1.82, 2.24) is 14.5 Å². The second kappa shape index (κ2) is 11.2. The maximum atomic E-state index is 6.82. The van der Waals surface area contributed by atoms with Crippen LogP contribution in [0.25, 0.3) is 105 Å². The van der Waals surface area contributed by atoms with Gasteiger partial charge < -0.3 is 8.98 Å². The van der Waals surface area contributed by atoms with E-state index >= 15 is 0 Å². The molecule has 52 heavy (non-hydrogen) atoms. The van der Waals surface area contributed by atoms with Crippen LogP contribution in [0.3, 0.4) is 0 Å². The first-order valence-electron chi connectivity index (χ1n) is 17.6. The average molecular weight is 664 g/mol. The third-order valence-corrected chi connectivity index (χ3v) is 10.4. The molecule has 242 valence electrons. The molecule has 0 saturated carbocycles. The van der Waals surface area contributed by atoms with Crippen molar-refractivity contribution in [3.63, 3.8) is 0 Å². The van der Waals surface area contributed by atoms with Crippen LogP contribution in [0.4, 0.5) is 0 Å². The van der Waals surface area contributed by atoms with Gasteiger partial charge in [0.1, 0.15) is 16.8 Å². The van der Waals surface area contributed by atoms with Gasteiger partial charge in [0.05, 0.1) is 16.7 Å². The van der Waals surface area contributed by atoms with Gasteiger partial charge in [-0.25, -0.2) is 9.97 Å². The van der Waals surface area contributed by atoms with Crippen LogP contribution in [0.15, 0.2) is 180 Å². The molecule has 4 heteroatoms. The monoisotopic (exact) mass is 663 g/mol. The van der Waals surface area contributed by atoms with E-state index in [1.807, 2.05) is 24.3 Å². The fraction of sp³-hybridized carbons (Fsp3) is 0. The van der Waals surface area contributed by atoms with E-state index in [9.17, 15) is 0 Å². The molecule has 0 aliphatic rings. The van der Waals surface area contributed by atoms with Crippen molar-refractivity contribution in [1.29, 1.82) is 0 Å². The predicted molar refractivity (Wildman–Crippen MR) is 215 cm³/mol. The standard InChI is InChI=1S/C48H29N3O/c1-3-13-30(14-4-1)35-24-26-43-40(28-35)45-47(52-43)44(49-48(50-45)32-16-5-2-6-17-32)39-27-33-18-7-8-19-34(33)29-42(39)51-41-22-12-11-21-37(41)38-25-23-31-15-9-10-20-36(31)46(38)51/h1-29H. The predicted octanol–water partition coefficient (Wildman–Crippen LogP) is 12.8. The molecule has 0 fully saturated rings. The van der Waals surface area contributed by atoms with E-state index in [0.29, 0.717) is 11.4 Å². The van der Waals surface area contributed by atoms with Crippen molar-refractivity contribution in [3.05, 3.63) is 176 Å². The first kappa shape index (κ1) is 28.8. The average Bonchev–Trinajstić information content (AvgIpc) is 3.76. The molecular weight excluding hydrogens is 635 g/mol. The summed E-state index contributed by atoms with van der Waals surface area (Å²) >= 11 is 0. The van der Waals surface area contributed by atoms with Gasteiger partial charge in [0, 0.05) is 32.7 Å². The zero-order chi connectivity index (χ0) is 34.2. The van der Waals surface area contributed by atoms with Crippen LogP contribution in [0.2, 0.25) is 0 Å². The number of hydrogen-bond donors (Lipinski definition) is 0. The van der Waals surface area contributed by atoms with Gasteiger partial charge in [-0.05, 0) is 57.6 Å². The zero-order valence-corrected chi connectivity index (χ0v) is 28.0. The Morgan fingerprint density at radius 1 is 0.442 bits per heavy atom. The lowest BCUT2D eigenvalue weighted by molar-refractivity contribution is 0.667. The van der Waals surface area contributed by atoms with Crippen LogP contribution in [0.5, 0.6) is 0 Å². The third-order valence-electron chi connectivity index (χ3n) is 10.4. The summed E-state index contributed by atoms with van der Waals surface area (Å²) in [5.74, 6) is 0.655. The lowest BCUT2D eigenvalue weighted by Crippen LogP contribution is -2.01. The molecule has 3 heterocycles. The molecule has 0 bridgehead atoms. The Hall–Kier alpha value is -7.04. The summed E-state index contributed by atoms with van der Waals surface area (Å²) in [4.78, 5) is 10.6. The largest absolute Gasteiger partial charge is 0.452 e. The van der Waals surface area contributed by atoms with Crippen molar-refractivity contribution in [2.45, 2.75) is 0 Å². The van der Waals surface area contributed by atoms with E-state index in [1.165, 1.54) is 27.1 Å². The highest BCUT2D eigenvalue weighted by Crippen LogP contribution is 2.43. The molecule has 0 unspecified atom stereocenters. The zero-order valence-electron chi connectivity index (χ0n) is 28.0. The van der Waals surface area contributed by atoms with Crippen molar-refractivity contribution >= 4 is 65.4 Å². The molecule has 0 radical (unpaired) electrons. The Morgan fingerprint density at radius 2 is 1.12 bits per heavy atom. The van der Waals surface area contributed by atoms with Crippen molar-refractivity contribution in [3.8, 4) is 39.5 Å². The minimum absolute atomic E-state index is 0.655. The van der Waals surface area contributed by atoms with Gasteiger partial charge in [-0.2, -0.15) is 0 Å². The van der Waals surface area contributed by atoms with E-state index < -0.39 is 0 Å². The third kappa shape index (κ3) is 4.34. The maximum Gasteiger partial charge on any atom is 0.180 e. The van der Waals surface area contributed by atoms with Crippen LogP contribution in [-0.2, 0) is 0 Å². The number of nitrogens with zero attached hydrogens (tertiary/aromatic N) is 3. The smallest absolute Gasteiger partial charge is 0.180 e. The molecule has 11 aromatic rings. The number of fused-ring (bicyclic) bond motifs is 9. The van der Waals surface area contributed by atoms with E-state index in [1.54, 1.807) is 0 Å². The Bertz CT molecular complexity index is 3180. The van der Waals surface area contributed by atoms with E-state index in [4.69, 9.17) is 14.4 Å². The second-order valence-electron chi connectivity index (χ2n) is 13.4. The first-order chi connectivity index (χ1) is 25.8. The summed E-state index contributed by atoms with van der Waals surface area (Å²) in [6, 6.07) is 62.1. The molecule has 0 N–H and O–H groups in total. The molecule has 0 saturated heterocycles. The summed E-state index contributed by atoms with van der Waals surface area (Å²) in [5, 5.41) is 8.05. The van der Waals surface area contributed by atoms with E-state index in [0.717, 1.165) is 66.4 Å². The van der Waals surface area contributed by atoms with Crippen LogP contribution in [-0.4, -0.2) is 14.5 Å². The van der Waals surface area contributed by atoms with Gasteiger partial charge in [-0.3, -0.25) is 0 Å². The minimum atomic E-state index is 0.655. The summed E-state index contributed by atoms with van der Waals surface area (Å²) < 4.78 is 9.25. The van der Waals surface area contributed by atoms with Gasteiger partial charge in [0.2, 0.25) is 0 Å². The van der Waals surface area contributed by atoms with Crippen LogP contribution < -0.4 is 0 Å². The van der Waals surface area contributed by atoms with Crippen molar-refractivity contribution < 1.29 is 4.42 Å². The summed E-state index contributed by atoms with van der Waals surface area (Å²) in [7, 11) is 0. The number of benzene rings is 8. The van der Waals surface area contributed by atoms with Gasteiger partial charge in [-0.1, -0.05) is 146 Å². The molecule has 0 aliphatic heterocycles. The fourth-order valence-electron chi connectivity index (χ4n) is 7.94. The van der Waals surface area contributed by atoms with E-state index in [-0.39, 0.29) is 0 Å². The molecule has 11 rings (SSSR count). The minimum Gasteiger partial charge on any atom is -0.452 e. The number of rotatable bonds is 4. The summed E-state index contributed by atoms with van der Waals surface area (Å²) in [6.07, 6.45) is 0. The Kier molecular flexibility index (Phi) is 6.22. The Balaban J connectivity index is 1.30. The molecule has 0 amide bonds. The molecule has 8 aromatic carbocycles. The lowest BCUT2D eigenvalue weighted by atomic mass is 10.00. The molecule has 3 aromatic heterocycles.